The highest BCUT2D eigenvalue weighted by Gasteiger charge is 2.28. The van der Waals surface area contributed by atoms with Crippen LogP contribution >= 0.6 is 11.6 Å². The van der Waals surface area contributed by atoms with Gasteiger partial charge in [-0.3, -0.25) is 0 Å². The molecule has 0 N–H and O–H groups in total. The molecule has 0 saturated heterocycles. The number of rotatable bonds is 6. The van der Waals surface area contributed by atoms with Gasteiger partial charge in [0.05, 0.1) is 0 Å². The third-order valence-corrected chi connectivity index (χ3v) is 6.72. The minimum Gasteiger partial charge on any atom is -0.206 e. The summed E-state index contributed by atoms with van der Waals surface area (Å²) < 4.78 is 14.4. The van der Waals surface area contributed by atoms with Gasteiger partial charge in [-0.25, -0.2) is 4.39 Å². The number of hydrogen-bond acceptors (Lipinski definition) is 0. The summed E-state index contributed by atoms with van der Waals surface area (Å²) in [6, 6.07) is 8.64. The van der Waals surface area contributed by atoms with Crippen LogP contribution in [0.4, 0.5) is 4.39 Å². The van der Waals surface area contributed by atoms with Gasteiger partial charge in [0.1, 0.15) is 5.82 Å². The predicted molar refractivity (Wildman–Crippen MR) is 126 cm³/mol. The first-order valence-corrected chi connectivity index (χ1v) is 11.3. The molecule has 2 heteroatoms. The molecule has 0 bridgehead atoms. The van der Waals surface area contributed by atoms with E-state index in [1.807, 2.05) is 19.9 Å². The van der Waals surface area contributed by atoms with Crippen LogP contribution in [0.5, 0.6) is 0 Å². The summed E-state index contributed by atoms with van der Waals surface area (Å²) in [7, 11) is 0. The van der Waals surface area contributed by atoms with E-state index in [9.17, 15) is 4.39 Å². The van der Waals surface area contributed by atoms with Gasteiger partial charge in [-0.15, -0.1) is 0 Å². The van der Waals surface area contributed by atoms with Crippen molar-refractivity contribution >= 4 is 11.6 Å². The van der Waals surface area contributed by atoms with E-state index in [0.717, 1.165) is 29.0 Å². The first kappa shape index (κ1) is 23.9. The van der Waals surface area contributed by atoms with Crippen molar-refractivity contribution in [2.45, 2.75) is 98.3 Å². The second-order valence-electron chi connectivity index (χ2n) is 10.3. The van der Waals surface area contributed by atoms with Crippen LogP contribution in [0.3, 0.4) is 0 Å². The molecule has 0 heterocycles. The molecule has 29 heavy (non-hydrogen) atoms. The van der Waals surface area contributed by atoms with E-state index in [0.29, 0.717) is 12.3 Å². The Morgan fingerprint density at radius 2 is 1.45 bits per heavy atom. The van der Waals surface area contributed by atoms with Crippen molar-refractivity contribution in [2.75, 3.05) is 0 Å². The maximum Gasteiger partial charge on any atom is 0.129 e. The van der Waals surface area contributed by atoms with Gasteiger partial charge >= 0.3 is 0 Å². The Labute approximate surface area is 182 Å². The molecule has 1 atom stereocenters. The molecule has 0 fully saturated rings. The van der Waals surface area contributed by atoms with Crippen molar-refractivity contribution in [3.63, 3.8) is 0 Å². The largest absolute Gasteiger partial charge is 0.206 e. The van der Waals surface area contributed by atoms with Gasteiger partial charge in [-0.2, -0.15) is 0 Å². The quantitative estimate of drug-likeness (QED) is 0.441. The number of halogens is 2. The van der Waals surface area contributed by atoms with Crippen molar-refractivity contribution in [1.82, 2.24) is 0 Å². The topological polar surface area (TPSA) is 0 Å². The average Bonchev–Trinajstić information content (AvgIpc) is 2.62. The molecule has 0 amide bonds. The average molecular weight is 417 g/mol. The van der Waals surface area contributed by atoms with Gasteiger partial charge in [0.15, 0.2) is 0 Å². The van der Waals surface area contributed by atoms with E-state index in [4.69, 9.17) is 11.6 Å². The minimum absolute atomic E-state index is 0.0615. The molecule has 0 nitrogen and oxygen atoms in total. The van der Waals surface area contributed by atoms with E-state index in [1.54, 1.807) is 0 Å². The maximum absolute atomic E-state index is 14.4. The molecule has 0 aliphatic rings. The fourth-order valence-electron chi connectivity index (χ4n) is 4.24. The third-order valence-electron chi connectivity index (χ3n) is 6.26. The standard InChI is InChI=1S/C27H38ClF/c1-10-19-13-21(26(5,6)7)15-23(24(19)28)18(4)16-27(8,9)22-12-17(3)25(29)20(11-2)14-22/h12-15,18H,10-11,16H2,1-9H3. The minimum atomic E-state index is -0.0742. The first-order valence-electron chi connectivity index (χ1n) is 10.9. The Hall–Kier alpha value is -1.34. The van der Waals surface area contributed by atoms with Crippen molar-refractivity contribution < 1.29 is 4.39 Å². The van der Waals surface area contributed by atoms with E-state index in [2.05, 4.69) is 66.7 Å². The summed E-state index contributed by atoms with van der Waals surface area (Å²) in [5.74, 6) is 0.245. The Kier molecular flexibility index (Phi) is 7.26. The molecule has 0 spiro atoms. The molecule has 0 aliphatic carbocycles. The van der Waals surface area contributed by atoms with Gasteiger partial charge in [0, 0.05) is 5.02 Å². The van der Waals surface area contributed by atoms with Crippen LogP contribution in [-0.4, -0.2) is 0 Å². The molecule has 160 valence electrons. The Bertz CT molecular complexity index is 871. The van der Waals surface area contributed by atoms with E-state index in [1.165, 1.54) is 22.3 Å². The second-order valence-corrected chi connectivity index (χ2v) is 10.6. The molecular formula is C27H38ClF. The predicted octanol–water partition coefficient (Wildman–Crippen LogP) is 8.68. The summed E-state index contributed by atoms with van der Waals surface area (Å²) in [5.41, 5.74) is 6.56. The summed E-state index contributed by atoms with van der Waals surface area (Å²) in [4.78, 5) is 0. The zero-order chi connectivity index (χ0) is 22.1. The Balaban J connectivity index is 2.46. The van der Waals surface area contributed by atoms with Gasteiger partial charge in [0.2, 0.25) is 0 Å². The summed E-state index contributed by atoms with van der Waals surface area (Å²) in [6.07, 6.45) is 2.60. The van der Waals surface area contributed by atoms with Gasteiger partial charge in [0.25, 0.3) is 0 Å². The first-order chi connectivity index (χ1) is 13.3. The molecule has 2 aromatic carbocycles. The summed E-state index contributed by atoms with van der Waals surface area (Å²) in [6.45, 7) is 19.6. The summed E-state index contributed by atoms with van der Waals surface area (Å²) in [5, 5.41) is 0.910. The normalized spacial score (nSPS) is 13.6. The van der Waals surface area contributed by atoms with E-state index >= 15 is 0 Å². The summed E-state index contributed by atoms with van der Waals surface area (Å²) >= 11 is 6.84. The van der Waals surface area contributed by atoms with Gasteiger partial charge < -0.3 is 0 Å². The lowest BCUT2D eigenvalue weighted by atomic mass is 9.74. The van der Waals surface area contributed by atoms with Gasteiger partial charge in [-0.05, 0) is 76.3 Å². The van der Waals surface area contributed by atoms with E-state index in [-0.39, 0.29) is 16.6 Å². The highest BCUT2D eigenvalue weighted by atomic mass is 35.5. The van der Waals surface area contributed by atoms with Crippen LogP contribution in [0.2, 0.25) is 5.02 Å². The van der Waals surface area contributed by atoms with Crippen LogP contribution in [0.25, 0.3) is 0 Å². The molecule has 1 unspecified atom stereocenters. The Morgan fingerprint density at radius 3 is 1.97 bits per heavy atom. The van der Waals surface area contributed by atoms with Crippen molar-refractivity contribution in [1.29, 1.82) is 0 Å². The molecule has 2 aromatic rings. The number of hydrogen-bond donors (Lipinski definition) is 0. The highest BCUT2D eigenvalue weighted by molar-refractivity contribution is 6.32. The van der Waals surface area contributed by atoms with Crippen LogP contribution in [-0.2, 0) is 23.7 Å². The molecule has 0 saturated carbocycles. The Morgan fingerprint density at radius 1 is 0.897 bits per heavy atom. The van der Waals surface area contributed by atoms with Gasteiger partial charge in [-0.1, -0.05) is 91.3 Å². The van der Waals surface area contributed by atoms with Crippen LogP contribution in [0.1, 0.15) is 101 Å². The lowest BCUT2D eigenvalue weighted by Gasteiger charge is -2.31. The SMILES string of the molecule is CCc1cc(C(C)(C)CC(C)c2cc(C(C)(C)C)cc(CC)c2Cl)cc(C)c1F. The smallest absolute Gasteiger partial charge is 0.129 e. The fraction of sp³-hybridized carbons (Fsp3) is 0.556. The van der Waals surface area contributed by atoms with E-state index < -0.39 is 0 Å². The van der Waals surface area contributed by atoms with Crippen molar-refractivity contribution in [2.24, 2.45) is 0 Å². The highest BCUT2D eigenvalue weighted by Crippen LogP contribution is 2.40. The lowest BCUT2D eigenvalue weighted by molar-refractivity contribution is 0.436. The monoisotopic (exact) mass is 416 g/mol. The third kappa shape index (κ3) is 5.23. The zero-order valence-electron chi connectivity index (χ0n) is 19.8. The zero-order valence-corrected chi connectivity index (χ0v) is 20.5. The maximum atomic E-state index is 14.4. The lowest BCUT2D eigenvalue weighted by Crippen LogP contribution is -2.22. The fourth-order valence-corrected chi connectivity index (χ4v) is 4.67. The van der Waals surface area contributed by atoms with Crippen LogP contribution < -0.4 is 0 Å². The molecule has 2 rings (SSSR count). The van der Waals surface area contributed by atoms with Crippen molar-refractivity contribution in [3.05, 3.63) is 68.5 Å². The molecule has 0 radical (unpaired) electrons. The second kappa shape index (κ2) is 8.80. The van der Waals surface area contributed by atoms with Crippen molar-refractivity contribution in [3.8, 4) is 0 Å². The molecule has 0 aromatic heterocycles. The van der Waals surface area contributed by atoms with Crippen LogP contribution in [0, 0.1) is 12.7 Å². The number of aryl methyl sites for hydroxylation is 3. The molecule has 0 aliphatic heterocycles. The van der Waals surface area contributed by atoms with Crippen LogP contribution in [0.15, 0.2) is 24.3 Å². The number of benzene rings is 2. The molecular weight excluding hydrogens is 379 g/mol.